The standard InChI is InChI=1S/C9H11BrClNO2S2/c10-8-3-5-15-9(8)16(13,14)12-4-1-2-7(12)6-11/h3,5,7H,1-2,4,6H2. The van der Waals surface area contributed by atoms with E-state index >= 15 is 0 Å². The van der Waals surface area contributed by atoms with Crippen LogP contribution in [0.3, 0.4) is 0 Å². The Balaban J connectivity index is 2.36. The number of hydrogen-bond acceptors (Lipinski definition) is 3. The molecule has 1 aliphatic rings. The van der Waals surface area contributed by atoms with Gasteiger partial charge in [-0.1, -0.05) is 0 Å². The van der Waals surface area contributed by atoms with Crippen LogP contribution in [0.15, 0.2) is 20.1 Å². The molecule has 0 amide bonds. The smallest absolute Gasteiger partial charge is 0.206 e. The minimum atomic E-state index is -3.37. The third-order valence-electron chi connectivity index (χ3n) is 2.63. The van der Waals surface area contributed by atoms with Crippen molar-refractivity contribution in [3.8, 4) is 0 Å². The molecular weight excluding hydrogens is 334 g/mol. The predicted molar refractivity (Wildman–Crippen MR) is 69.7 cm³/mol. The summed E-state index contributed by atoms with van der Waals surface area (Å²) in [6.07, 6.45) is 1.74. The van der Waals surface area contributed by atoms with Crippen molar-refractivity contribution in [1.82, 2.24) is 4.31 Å². The van der Waals surface area contributed by atoms with E-state index < -0.39 is 10.0 Å². The normalized spacial score (nSPS) is 22.8. The highest BCUT2D eigenvalue weighted by Gasteiger charge is 2.36. The summed E-state index contributed by atoms with van der Waals surface area (Å²) < 4.78 is 27.2. The van der Waals surface area contributed by atoms with Gasteiger partial charge in [0, 0.05) is 22.9 Å². The molecule has 0 radical (unpaired) electrons. The first-order valence-corrected chi connectivity index (χ1v) is 8.53. The number of thiophene rings is 1. The highest BCUT2D eigenvalue weighted by atomic mass is 79.9. The minimum absolute atomic E-state index is 0.0549. The van der Waals surface area contributed by atoms with Crippen LogP contribution < -0.4 is 0 Å². The first kappa shape index (κ1) is 12.8. The topological polar surface area (TPSA) is 37.4 Å². The van der Waals surface area contributed by atoms with Crippen molar-refractivity contribution in [3.63, 3.8) is 0 Å². The third-order valence-corrected chi connectivity index (χ3v) is 7.58. The van der Waals surface area contributed by atoms with E-state index in [1.165, 1.54) is 15.6 Å². The van der Waals surface area contributed by atoms with Crippen molar-refractivity contribution in [2.45, 2.75) is 23.1 Å². The molecule has 3 nitrogen and oxygen atoms in total. The monoisotopic (exact) mass is 343 g/mol. The number of sulfonamides is 1. The molecule has 1 unspecified atom stereocenters. The summed E-state index contributed by atoms with van der Waals surface area (Å²) in [5, 5.41) is 1.77. The fourth-order valence-corrected chi connectivity index (χ4v) is 6.37. The second kappa shape index (κ2) is 4.94. The lowest BCUT2D eigenvalue weighted by molar-refractivity contribution is 0.412. The maximum atomic E-state index is 12.3. The summed E-state index contributed by atoms with van der Waals surface area (Å²) in [6.45, 7) is 0.573. The summed E-state index contributed by atoms with van der Waals surface area (Å²) in [6, 6.07) is 1.70. The SMILES string of the molecule is O=S(=O)(c1sccc1Br)N1CCCC1CCl. The molecule has 7 heteroatoms. The zero-order valence-electron chi connectivity index (χ0n) is 8.40. The van der Waals surface area contributed by atoms with Gasteiger partial charge >= 0.3 is 0 Å². The summed E-state index contributed by atoms with van der Waals surface area (Å²) in [7, 11) is -3.37. The molecule has 1 aromatic rings. The Bertz CT molecular complexity index is 474. The molecule has 1 atom stereocenters. The number of alkyl halides is 1. The minimum Gasteiger partial charge on any atom is -0.206 e. The quantitative estimate of drug-likeness (QED) is 0.791. The Hall–Kier alpha value is 0.380. The number of halogens is 2. The lowest BCUT2D eigenvalue weighted by Gasteiger charge is -2.21. The summed E-state index contributed by atoms with van der Waals surface area (Å²) in [4.78, 5) is 0. The molecule has 1 aliphatic heterocycles. The van der Waals surface area contributed by atoms with Gasteiger partial charge in [-0.3, -0.25) is 0 Å². The largest absolute Gasteiger partial charge is 0.253 e. The van der Waals surface area contributed by atoms with Crippen LogP contribution in [0, 0.1) is 0 Å². The van der Waals surface area contributed by atoms with Gasteiger partial charge in [0.15, 0.2) is 0 Å². The van der Waals surface area contributed by atoms with Gasteiger partial charge in [0.2, 0.25) is 0 Å². The van der Waals surface area contributed by atoms with Crippen molar-refractivity contribution in [2.24, 2.45) is 0 Å². The van der Waals surface area contributed by atoms with Gasteiger partial charge in [0.05, 0.1) is 0 Å². The van der Waals surface area contributed by atoms with Crippen LogP contribution in [0.4, 0.5) is 0 Å². The van der Waals surface area contributed by atoms with Crippen LogP contribution in [0.2, 0.25) is 0 Å². The van der Waals surface area contributed by atoms with Crippen molar-refractivity contribution in [2.75, 3.05) is 12.4 Å². The van der Waals surface area contributed by atoms with E-state index in [0.717, 1.165) is 12.8 Å². The van der Waals surface area contributed by atoms with Gasteiger partial charge in [-0.25, -0.2) is 8.42 Å². The first-order valence-electron chi connectivity index (χ1n) is 4.88. The van der Waals surface area contributed by atoms with Crippen LogP contribution in [-0.4, -0.2) is 31.2 Å². The highest BCUT2D eigenvalue weighted by Crippen LogP contribution is 2.34. The van der Waals surface area contributed by atoms with Crippen molar-refractivity contribution >= 4 is 48.9 Å². The molecule has 1 aromatic heterocycles. The maximum Gasteiger partial charge on any atom is 0.253 e. The van der Waals surface area contributed by atoms with Crippen LogP contribution >= 0.6 is 38.9 Å². The molecule has 0 aromatic carbocycles. The third kappa shape index (κ3) is 2.18. The molecule has 2 heterocycles. The average Bonchev–Trinajstić information content (AvgIpc) is 2.85. The summed E-state index contributed by atoms with van der Waals surface area (Å²) >= 11 is 10.3. The van der Waals surface area contributed by atoms with Crippen molar-refractivity contribution in [1.29, 1.82) is 0 Å². The molecular formula is C9H11BrClNO2S2. The van der Waals surface area contributed by atoms with Gasteiger partial charge in [-0.05, 0) is 40.2 Å². The fourth-order valence-electron chi connectivity index (χ4n) is 1.85. The number of hydrogen-bond donors (Lipinski definition) is 0. The molecule has 2 rings (SSSR count). The van der Waals surface area contributed by atoms with E-state index in [0.29, 0.717) is 21.1 Å². The lowest BCUT2D eigenvalue weighted by atomic mass is 10.3. The van der Waals surface area contributed by atoms with Gasteiger partial charge < -0.3 is 0 Å². The number of nitrogens with zero attached hydrogens (tertiary/aromatic N) is 1. The molecule has 16 heavy (non-hydrogen) atoms. The van der Waals surface area contributed by atoms with E-state index in [4.69, 9.17) is 11.6 Å². The fraction of sp³-hybridized carbons (Fsp3) is 0.556. The van der Waals surface area contributed by atoms with Gasteiger partial charge in [-0.15, -0.1) is 22.9 Å². The second-order valence-electron chi connectivity index (χ2n) is 3.62. The van der Waals surface area contributed by atoms with E-state index in [1.807, 2.05) is 0 Å². The first-order chi connectivity index (χ1) is 7.57. The van der Waals surface area contributed by atoms with Crippen LogP contribution in [0.1, 0.15) is 12.8 Å². The summed E-state index contributed by atoms with van der Waals surface area (Å²) in [5.74, 6) is 0.363. The maximum absolute atomic E-state index is 12.3. The number of rotatable bonds is 3. The molecule has 0 aliphatic carbocycles. The Morgan fingerprint density at radius 1 is 1.62 bits per heavy atom. The van der Waals surface area contributed by atoms with Crippen LogP contribution in [0.25, 0.3) is 0 Å². The van der Waals surface area contributed by atoms with E-state index in [1.54, 1.807) is 11.4 Å². The van der Waals surface area contributed by atoms with Crippen LogP contribution in [-0.2, 0) is 10.0 Å². The van der Waals surface area contributed by atoms with Gasteiger partial charge in [0.25, 0.3) is 10.0 Å². The zero-order chi connectivity index (χ0) is 11.8. The molecule has 0 bridgehead atoms. The average molecular weight is 345 g/mol. The molecule has 1 fully saturated rings. The van der Waals surface area contributed by atoms with Gasteiger partial charge in [-0.2, -0.15) is 4.31 Å². The Labute approximate surface area is 113 Å². The zero-order valence-corrected chi connectivity index (χ0v) is 12.4. The van der Waals surface area contributed by atoms with E-state index in [-0.39, 0.29) is 6.04 Å². The lowest BCUT2D eigenvalue weighted by Crippen LogP contribution is -2.36. The highest BCUT2D eigenvalue weighted by molar-refractivity contribution is 9.10. The van der Waals surface area contributed by atoms with Crippen LogP contribution in [0.5, 0.6) is 0 Å². The predicted octanol–water partition coefficient (Wildman–Crippen LogP) is 2.90. The molecule has 1 saturated heterocycles. The Morgan fingerprint density at radius 3 is 2.94 bits per heavy atom. The van der Waals surface area contributed by atoms with Crippen molar-refractivity contribution in [3.05, 3.63) is 15.9 Å². The second-order valence-corrected chi connectivity index (χ2v) is 7.79. The molecule has 90 valence electrons. The van der Waals surface area contributed by atoms with Crippen molar-refractivity contribution < 1.29 is 8.42 Å². The summed E-state index contributed by atoms with van der Waals surface area (Å²) in [5.41, 5.74) is 0. The molecule has 0 N–H and O–H groups in total. The Kier molecular flexibility index (Phi) is 3.96. The van der Waals surface area contributed by atoms with E-state index in [9.17, 15) is 8.42 Å². The van der Waals surface area contributed by atoms with Gasteiger partial charge in [0.1, 0.15) is 4.21 Å². The molecule has 0 saturated carbocycles. The molecule has 0 spiro atoms. The van der Waals surface area contributed by atoms with E-state index in [2.05, 4.69) is 15.9 Å². The Morgan fingerprint density at radius 2 is 2.38 bits per heavy atom.